The largest absolute Gasteiger partial charge is 1.00 e. The molecule has 1 aliphatic heterocycles. The summed E-state index contributed by atoms with van der Waals surface area (Å²) in [6.45, 7) is 6.03. The van der Waals surface area contributed by atoms with Crippen LogP contribution in [0.2, 0.25) is 0 Å². The summed E-state index contributed by atoms with van der Waals surface area (Å²) >= 11 is 0. The molecule has 10 heteroatoms. The van der Waals surface area contributed by atoms with Crippen LogP contribution < -0.4 is 68.9 Å². The molecular formula is C10H19Na2O7P. The second kappa shape index (κ2) is 8.20. The van der Waals surface area contributed by atoms with Crippen LogP contribution in [0.15, 0.2) is 0 Å². The average molecular weight is 328 g/mol. The fourth-order valence-electron chi connectivity index (χ4n) is 2.32. The Morgan fingerprint density at radius 3 is 2.00 bits per heavy atom. The van der Waals surface area contributed by atoms with Crippen molar-refractivity contribution >= 4 is 7.82 Å². The fourth-order valence-corrected chi connectivity index (χ4v) is 2.88. The van der Waals surface area contributed by atoms with E-state index in [4.69, 9.17) is 4.74 Å². The third-order valence-electron chi connectivity index (χ3n) is 3.53. The minimum absolute atomic E-state index is 0. The zero-order valence-corrected chi connectivity index (χ0v) is 17.7. The molecule has 0 aromatic carbocycles. The molecule has 1 rings (SSSR count). The van der Waals surface area contributed by atoms with Crippen molar-refractivity contribution in [1.82, 2.24) is 0 Å². The number of aliphatic hydroxyl groups is 2. The molecule has 108 valence electrons. The van der Waals surface area contributed by atoms with Gasteiger partial charge in [-0.1, -0.05) is 27.7 Å². The first-order chi connectivity index (χ1) is 7.93. The van der Waals surface area contributed by atoms with E-state index in [1.54, 1.807) is 13.8 Å². The molecule has 0 spiro atoms. The quantitative estimate of drug-likeness (QED) is 0.390. The number of hydrogen-bond donors (Lipinski definition) is 2. The third kappa shape index (κ3) is 5.27. The van der Waals surface area contributed by atoms with Crippen LogP contribution in [-0.2, 0) is 13.8 Å². The van der Waals surface area contributed by atoms with Crippen molar-refractivity contribution in [1.29, 1.82) is 0 Å². The smallest absolute Gasteiger partial charge is 0.790 e. The van der Waals surface area contributed by atoms with Gasteiger partial charge < -0.3 is 33.8 Å². The van der Waals surface area contributed by atoms with Gasteiger partial charge in [-0.15, -0.1) is 0 Å². The summed E-state index contributed by atoms with van der Waals surface area (Å²) in [6, 6.07) is 0. The molecule has 0 aromatic heterocycles. The molecular weight excluding hydrogens is 309 g/mol. The summed E-state index contributed by atoms with van der Waals surface area (Å²) in [5.74, 6) is 0. The molecule has 1 fully saturated rings. The molecule has 1 aliphatic rings. The van der Waals surface area contributed by atoms with Crippen molar-refractivity contribution in [2.45, 2.75) is 46.2 Å². The summed E-state index contributed by atoms with van der Waals surface area (Å²) in [7, 11) is -5.24. The van der Waals surface area contributed by atoms with E-state index in [1.165, 1.54) is 13.8 Å². The van der Waals surface area contributed by atoms with E-state index in [0.717, 1.165) is 0 Å². The Balaban J connectivity index is 0. The second-order valence-corrected chi connectivity index (χ2v) is 6.84. The Morgan fingerprint density at radius 1 is 1.20 bits per heavy atom. The number of ether oxygens (including phenoxy) is 1. The molecule has 0 bridgehead atoms. The van der Waals surface area contributed by atoms with Gasteiger partial charge >= 0.3 is 59.1 Å². The molecule has 20 heavy (non-hydrogen) atoms. The van der Waals surface area contributed by atoms with Crippen LogP contribution in [0.4, 0.5) is 0 Å². The van der Waals surface area contributed by atoms with Gasteiger partial charge in [-0.3, -0.25) is 0 Å². The van der Waals surface area contributed by atoms with Gasteiger partial charge in [0.1, 0.15) is 0 Å². The topological polar surface area (TPSA) is 122 Å². The van der Waals surface area contributed by atoms with Gasteiger partial charge in [0.2, 0.25) is 0 Å². The number of rotatable bonds is 3. The first-order valence-corrected chi connectivity index (χ1v) is 7.04. The maximum absolute atomic E-state index is 10.7. The van der Waals surface area contributed by atoms with Crippen molar-refractivity contribution in [3.63, 3.8) is 0 Å². The van der Waals surface area contributed by atoms with E-state index in [0.29, 0.717) is 0 Å². The molecule has 1 heterocycles. The van der Waals surface area contributed by atoms with Gasteiger partial charge in [-0.25, -0.2) is 0 Å². The Labute approximate surface area is 163 Å². The third-order valence-corrected chi connectivity index (χ3v) is 3.98. The SMILES string of the molecule is CC1(C)C(CO)OC(OP(=O)([O-])[O-])C(C)(C)[C@H]1O.[Na+].[Na+]. The van der Waals surface area contributed by atoms with Crippen LogP contribution >= 0.6 is 7.82 Å². The predicted molar refractivity (Wildman–Crippen MR) is 58.0 cm³/mol. The number of hydrogen-bond acceptors (Lipinski definition) is 7. The van der Waals surface area contributed by atoms with Gasteiger partial charge in [-0.2, -0.15) is 0 Å². The minimum Gasteiger partial charge on any atom is -0.790 e. The van der Waals surface area contributed by atoms with E-state index in [2.05, 4.69) is 4.52 Å². The van der Waals surface area contributed by atoms with Crippen LogP contribution in [0.1, 0.15) is 27.7 Å². The van der Waals surface area contributed by atoms with Gasteiger partial charge in [-0.05, 0) is 0 Å². The summed E-state index contributed by atoms with van der Waals surface area (Å²) in [6.07, 6.45) is -3.25. The van der Waals surface area contributed by atoms with E-state index in [9.17, 15) is 24.6 Å². The normalized spacial score (nSPS) is 31.9. The molecule has 0 aliphatic carbocycles. The molecule has 7 nitrogen and oxygen atoms in total. The van der Waals surface area contributed by atoms with Crippen LogP contribution in [0.5, 0.6) is 0 Å². The van der Waals surface area contributed by atoms with Crippen molar-refractivity contribution in [3.05, 3.63) is 0 Å². The van der Waals surface area contributed by atoms with E-state index >= 15 is 0 Å². The van der Waals surface area contributed by atoms with Crippen LogP contribution in [-0.4, -0.2) is 35.3 Å². The second-order valence-electron chi connectivity index (χ2n) is 5.74. The summed E-state index contributed by atoms with van der Waals surface area (Å²) in [4.78, 5) is 21.4. The summed E-state index contributed by atoms with van der Waals surface area (Å²) < 4.78 is 20.3. The monoisotopic (exact) mass is 328 g/mol. The molecule has 0 saturated carbocycles. The first-order valence-electron chi connectivity index (χ1n) is 5.57. The summed E-state index contributed by atoms with van der Waals surface area (Å²) in [5.41, 5.74) is -1.90. The summed E-state index contributed by atoms with van der Waals surface area (Å²) in [5, 5.41) is 19.5. The van der Waals surface area contributed by atoms with Gasteiger partial charge in [0.15, 0.2) is 6.29 Å². The number of phosphoric acid groups is 1. The van der Waals surface area contributed by atoms with Crippen LogP contribution in [0.25, 0.3) is 0 Å². The van der Waals surface area contributed by atoms with Crippen molar-refractivity contribution in [3.8, 4) is 0 Å². The van der Waals surface area contributed by atoms with E-state index in [1.807, 2.05) is 0 Å². The predicted octanol–water partition coefficient (Wildman–Crippen LogP) is -7.03. The molecule has 0 radical (unpaired) electrons. The van der Waals surface area contributed by atoms with Crippen molar-refractivity contribution < 1.29 is 92.9 Å². The Hall–Kier alpha value is 1.99. The maximum atomic E-state index is 10.7. The van der Waals surface area contributed by atoms with E-state index in [-0.39, 0.29) is 59.1 Å². The zero-order valence-electron chi connectivity index (χ0n) is 12.8. The van der Waals surface area contributed by atoms with Crippen molar-refractivity contribution in [2.75, 3.05) is 6.61 Å². The Morgan fingerprint density at radius 2 is 1.65 bits per heavy atom. The minimum atomic E-state index is -5.24. The van der Waals surface area contributed by atoms with Crippen molar-refractivity contribution in [2.24, 2.45) is 10.8 Å². The zero-order chi connectivity index (χ0) is 14.4. The molecule has 3 atom stereocenters. The van der Waals surface area contributed by atoms with Crippen LogP contribution in [0.3, 0.4) is 0 Å². The first kappa shape index (κ1) is 24.2. The van der Waals surface area contributed by atoms with Gasteiger partial charge in [0.25, 0.3) is 0 Å². The number of phosphoric ester groups is 1. The van der Waals surface area contributed by atoms with Gasteiger partial charge in [0, 0.05) is 10.8 Å². The Bertz CT molecular complexity index is 358. The van der Waals surface area contributed by atoms with Crippen LogP contribution in [0, 0.1) is 10.8 Å². The van der Waals surface area contributed by atoms with E-state index < -0.39 is 43.8 Å². The molecule has 2 N–H and O–H groups in total. The molecule has 0 aromatic rings. The molecule has 2 unspecified atom stereocenters. The average Bonchev–Trinajstić information content (AvgIpc) is 2.18. The standard InChI is InChI=1S/C10H21O7P.2Na/c1-9(2)6(5-11)16-8(17-18(13,14)15)10(3,4)7(9)12;;/h6-8,11-12H,5H2,1-4H3,(H2,13,14,15);;/q;2*+1/p-2/t6?,7-,8?;;/m0../s1. The maximum Gasteiger partial charge on any atom is 1.00 e. The Kier molecular flexibility index (Phi) is 9.94. The van der Waals surface area contributed by atoms with Gasteiger partial charge in [0.05, 0.1) is 26.6 Å². The number of aliphatic hydroxyl groups excluding tert-OH is 2. The fraction of sp³-hybridized carbons (Fsp3) is 1.00. The molecule has 1 saturated heterocycles. The molecule has 0 amide bonds.